The summed E-state index contributed by atoms with van der Waals surface area (Å²) >= 11 is 2.10. The number of likely N-dealkylation sites (N-methyl/N-ethyl adjacent to an activating group) is 1. The Morgan fingerprint density at radius 2 is 2.16 bits per heavy atom. The van der Waals surface area contributed by atoms with Crippen molar-refractivity contribution in [3.8, 4) is 0 Å². The molecule has 1 atom stereocenters. The Morgan fingerprint density at radius 3 is 2.84 bits per heavy atom. The van der Waals surface area contributed by atoms with Crippen LogP contribution in [0.2, 0.25) is 0 Å². The monoisotopic (exact) mass is 281 g/mol. The lowest BCUT2D eigenvalue weighted by molar-refractivity contribution is 0.567. The Balaban J connectivity index is 1.84. The van der Waals surface area contributed by atoms with Crippen LogP contribution in [0.15, 0.2) is 24.3 Å². The highest BCUT2D eigenvalue weighted by molar-refractivity contribution is 7.99. The second-order valence-electron chi connectivity index (χ2n) is 5.33. The number of nitrogens with one attached hydrogen (secondary N) is 1. The van der Waals surface area contributed by atoms with E-state index in [1.165, 1.54) is 31.7 Å². The van der Waals surface area contributed by atoms with Gasteiger partial charge in [-0.2, -0.15) is 11.8 Å². The van der Waals surface area contributed by atoms with Gasteiger partial charge in [0.05, 0.1) is 0 Å². The summed E-state index contributed by atoms with van der Waals surface area (Å²) in [4.78, 5) is 0. The van der Waals surface area contributed by atoms with Crippen molar-refractivity contribution >= 4 is 11.8 Å². The summed E-state index contributed by atoms with van der Waals surface area (Å²) in [5.74, 6) is 1.01. The van der Waals surface area contributed by atoms with Gasteiger partial charge in [0.15, 0.2) is 0 Å². The molecule has 0 saturated heterocycles. The average Bonchev–Trinajstić information content (AvgIpc) is 2.89. The zero-order valence-corrected chi connectivity index (χ0v) is 12.5. The number of rotatable bonds is 7. The average molecular weight is 281 g/mol. The van der Waals surface area contributed by atoms with Crippen LogP contribution in [0.4, 0.5) is 4.39 Å². The van der Waals surface area contributed by atoms with Crippen LogP contribution in [0.3, 0.4) is 0 Å². The molecule has 0 aliphatic heterocycles. The third kappa shape index (κ3) is 5.15. The summed E-state index contributed by atoms with van der Waals surface area (Å²) < 4.78 is 13.2. The van der Waals surface area contributed by atoms with Gasteiger partial charge in [-0.3, -0.25) is 0 Å². The topological polar surface area (TPSA) is 12.0 Å². The van der Waals surface area contributed by atoms with E-state index in [1.807, 2.05) is 6.07 Å². The van der Waals surface area contributed by atoms with Gasteiger partial charge in [-0.05, 0) is 43.5 Å². The first-order chi connectivity index (χ1) is 9.28. The zero-order valence-electron chi connectivity index (χ0n) is 11.7. The maximum absolute atomic E-state index is 13.2. The van der Waals surface area contributed by atoms with Crippen molar-refractivity contribution < 1.29 is 4.39 Å². The molecule has 1 aliphatic carbocycles. The molecule has 2 rings (SSSR count). The molecule has 0 aromatic heterocycles. The van der Waals surface area contributed by atoms with Crippen molar-refractivity contribution in [1.82, 2.24) is 5.32 Å². The molecule has 1 aromatic rings. The van der Waals surface area contributed by atoms with Gasteiger partial charge in [-0.25, -0.2) is 4.39 Å². The van der Waals surface area contributed by atoms with E-state index in [1.54, 1.807) is 12.1 Å². The maximum Gasteiger partial charge on any atom is 0.123 e. The molecule has 0 heterocycles. The van der Waals surface area contributed by atoms with E-state index in [0.29, 0.717) is 6.04 Å². The molecule has 1 unspecified atom stereocenters. The normalized spacial score (nSPS) is 17.8. The van der Waals surface area contributed by atoms with E-state index in [4.69, 9.17) is 0 Å². The number of hydrogen-bond acceptors (Lipinski definition) is 2. The van der Waals surface area contributed by atoms with E-state index < -0.39 is 0 Å². The second kappa shape index (κ2) is 7.91. The second-order valence-corrected chi connectivity index (χ2v) is 6.66. The Kier molecular flexibility index (Phi) is 6.18. The van der Waals surface area contributed by atoms with Crippen LogP contribution >= 0.6 is 11.8 Å². The number of thioether (sulfide) groups is 1. The third-order valence-corrected chi connectivity index (χ3v) is 5.24. The lowest BCUT2D eigenvalue weighted by Crippen LogP contribution is -2.33. The molecule has 1 aromatic carbocycles. The van der Waals surface area contributed by atoms with Crippen molar-refractivity contribution in [3.05, 3.63) is 35.6 Å². The molecule has 19 heavy (non-hydrogen) atoms. The largest absolute Gasteiger partial charge is 0.313 e. The minimum absolute atomic E-state index is 0.129. The molecule has 1 N–H and O–H groups in total. The highest BCUT2D eigenvalue weighted by atomic mass is 32.2. The quantitative estimate of drug-likeness (QED) is 0.810. The van der Waals surface area contributed by atoms with Gasteiger partial charge in [0.2, 0.25) is 0 Å². The predicted octanol–water partition coefficient (Wildman–Crippen LogP) is 4.02. The minimum atomic E-state index is -0.129. The van der Waals surface area contributed by atoms with Crippen molar-refractivity contribution in [2.24, 2.45) is 0 Å². The number of hydrogen-bond donors (Lipinski definition) is 1. The maximum atomic E-state index is 13.2. The summed E-state index contributed by atoms with van der Waals surface area (Å²) in [5, 5.41) is 4.39. The van der Waals surface area contributed by atoms with Crippen LogP contribution in [0.1, 0.15) is 38.2 Å². The lowest BCUT2D eigenvalue weighted by Gasteiger charge is -2.19. The Morgan fingerprint density at radius 1 is 1.37 bits per heavy atom. The van der Waals surface area contributed by atoms with Crippen molar-refractivity contribution in [3.63, 3.8) is 0 Å². The number of benzene rings is 1. The molecule has 0 amide bonds. The van der Waals surface area contributed by atoms with E-state index in [0.717, 1.165) is 29.5 Å². The molecule has 0 radical (unpaired) electrons. The zero-order chi connectivity index (χ0) is 13.5. The van der Waals surface area contributed by atoms with Crippen LogP contribution in [0.5, 0.6) is 0 Å². The van der Waals surface area contributed by atoms with Crippen LogP contribution in [0.25, 0.3) is 0 Å². The standard InChI is InChI=1S/C16H24FNS/c1-2-18-15(12-19-16-8-3-4-9-16)11-13-6-5-7-14(17)10-13/h5-7,10,15-16,18H,2-4,8-9,11-12H2,1H3. The van der Waals surface area contributed by atoms with Crippen LogP contribution < -0.4 is 5.32 Å². The Labute approximate surface area is 120 Å². The fraction of sp³-hybridized carbons (Fsp3) is 0.625. The lowest BCUT2D eigenvalue weighted by atomic mass is 10.1. The fourth-order valence-electron chi connectivity index (χ4n) is 2.73. The summed E-state index contributed by atoms with van der Waals surface area (Å²) in [7, 11) is 0. The van der Waals surface area contributed by atoms with Crippen molar-refractivity contribution in [1.29, 1.82) is 0 Å². The van der Waals surface area contributed by atoms with Crippen LogP contribution in [-0.2, 0) is 6.42 Å². The van der Waals surface area contributed by atoms with Gasteiger partial charge in [-0.15, -0.1) is 0 Å². The molecule has 1 saturated carbocycles. The van der Waals surface area contributed by atoms with Crippen LogP contribution in [-0.4, -0.2) is 23.6 Å². The predicted molar refractivity (Wildman–Crippen MR) is 82.3 cm³/mol. The first-order valence-corrected chi connectivity index (χ1v) is 8.42. The van der Waals surface area contributed by atoms with E-state index >= 15 is 0 Å². The highest BCUT2D eigenvalue weighted by Crippen LogP contribution is 2.30. The van der Waals surface area contributed by atoms with Crippen LogP contribution in [0, 0.1) is 5.82 Å². The number of halogens is 1. The molecular formula is C16H24FNS. The molecule has 1 aliphatic rings. The smallest absolute Gasteiger partial charge is 0.123 e. The van der Waals surface area contributed by atoms with Gasteiger partial charge < -0.3 is 5.32 Å². The minimum Gasteiger partial charge on any atom is -0.313 e. The SMILES string of the molecule is CCNC(CSC1CCCC1)Cc1cccc(F)c1. The molecule has 3 heteroatoms. The van der Waals surface area contributed by atoms with Gasteiger partial charge in [0, 0.05) is 17.0 Å². The molecular weight excluding hydrogens is 257 g/mol. The first-order valence-electron chi connectivity index (χ1n) is 7.37. The summed E-state index contributed by atoms with van der Waals surface area (Å²) in [6, 6.07) is 7.45. The van der Waals surface area contributed by atoms with Gasteiger partial charge in [0.25, 0.3) is 0 Å². The molecule has 0 spiro atoms. The molecule has 0 bridgehead atoms. The molecule has 1 fully saturated rings. The molecule has 106 valence electrons. The summed E-state index contributed by atoms with van der Waals surface area (Å²) in [6.45, 7) is 3.12. The van der Waals surface area contributed by atoms with E-state index in [-0.39, 0.29) is 5.82 Å². The fourth-order valence-corrected chi connectivity index (χ4v) is 4.14. The van der Waals surface area contributed by atoms with Crippen molar-refractivity contribution in [2.75, 3.05) is 12.3 Å². The van der Waals surface area contributed by atoms with Gasteiger partial charge in [-0.1, -0.05) is 31.9 Å². The third-order valence-electron chi connectivity index (χ3n) is 3.70. The highest BCUT2D eigenvalue weighted by Gasteiger charge is 2.17. The Bertz CT molecular complexity index is 377. The molecule has 1 nitrogen and oxygen atoms in total. The Hall–Kier alpha value is -0.540. The van der Waals surface area contributed by atoms with E-state index in [9.17, 15) is 4.39 Å². The first kappa shape index (κ1) is 14.9. The van der Waals surface area contributed by atoms with Gasteiger partial charge in [0.1, 0.15) is 5.82 Å². The summed E-state index contributed by atoms with van der Waals surface area (Å²) in [5.41, 5.74) is 1.10. The van der Waals surface area contributed by atoms with Gasteiger partial charge >= 0.3 is 0 Å². The van der Waals surface area contributed by atoms with Crippen molar-refractivity contribution in [2.45, 2.75) is 50.3 Å². The van der Waals surface area contributed by atoms with E-state index in [2.05, 4.69) is 24.0 Å². The summed E-state index contributed by atoms with van der Waals surface area (Å²) in [6.07, 6.45) is 6.47.